The summed E-state index contributed by atoms with van der Waals surface area (Å²) in [5.74, 6) is -0.442. The van der Waals surface area contributed by atoms with Crippen LogP contribution in [0.3, 0.4) is 0 Å². The van der Waals surface area contributed by atoms with Gasteiger partial charge in [-0.15, -0.1) is 0 Å². The summed E-state index contributed by atoms with van der Waals surface area (Å²) in [6, 6.07) is 6.66. The second-order valence-corrected chi connectivity index (χ2v) is 3.82. The molecule has 17 heavy (non-hydrogen) atoms. The molecule has 0 saturated heterocycles. The van der Waals surface area contributed by atoms with Crippen LogP contribution >= 0.6 is 11.6 Å². The number of ketones is 1. The van der Waals surface area contributed by atoms with Crippen LogP contribution in [-0.4, -0.2) is 25.2 Å². The smallest absolute Gasteiger partial charge is 0.364 e. The number of carbonyl (C=O) groups excluding carboxylic acids is 1. The molecule has 1 aromatic rings. The van der Waals surface area contributed by atoms with Gasteiger partial charge in [-0.05, 0) is 11.6 Å². The van der Waals surface area contributed by atoms with Gasteiger partial charge < -0.3 is 4.74 Å². The minimum Gasteiger partial charge on any atom is -0.364 e. The molecule has 0 aliphatic heterocycles. The molecule has 0 atom stereocenters. The molecule has 6 heteroatoms. The molecule has 0 saturated carbocycles. The van der Waals surface area contributed by atoms with Crippen molar-refractivity contribution >= 4 is 17.4 Å². The van der Waals surface area contributed by atoms with E-state index < -0.39 is 25.2 Å². The molecule has 0 heterocycles. The third kappa shape index (κ3) is 5.70. The highest BCUT2D eigenvalue weighted by molar-refractivity contribution is 6.31. The molecule has 0 fully saturated rings. The molecular weight excluding hydrogens is 257 g/mol. The monoisotopic (exact) mass is 266 g/mol. The van der Waals surface area contributed by atoms with Gasteiger partial charge in [0.15, 0.2) is 5.78 Å². The van der Waals surface area contributed by atoms with Crippen molar-refractivity contribution in [3.8, 4) is 0 Å². The van der Waals surface area contributed by atoms with Crippen molar-refractivity contribution in [1.82, 2.24) is 0 Å². The molecule has 0 aromatic heterocycles. The van der Waals surface area contributed by atoms with Crippen LogP contribution in [-0.2, 0) is 16.0 Å². The zero-order valence-corrected chi connectivity index (χ0v) is 9.52. The van der Waals surface area contributed by atoms with Gasteiger partial charge >= 0.3 is 6.18 Å². The van der Waals surface area contributed by atoms with Gasteiger partial charge in [-0.2, -0.15) is 13.2 Å². The second-order valence-electron chi connectivity index (χ2n) is 3.41. The van der Waals surface area contributed by atoms with Gasteiger partial charge in [0.1, 0.15) is 13.2 Å². The van der Waals surface area contributed by atoms with Gasteiger partial charge in [-0.1, -0.05) is 29.8 Å². The lowest BCUT2D eigenvalue weighted by molar-refractivity contribution is -0.175. The van der Waals surface area contributed by atoms with E-state index in [9.17, 15) is 18.0 Å². The molecule has 0 amide bonds. The van der Waals surface area contributed by atoms with Crippen LogP contribution < -0.4 is 0 Å². The highest BCUT2D eigenvalue weighted by Gasteiger charge is 2.27. The first-order chi connectivity index (χ1) is 7.88. The fraction of sp³-hybridized carbons (Fsp3) is 0.364. The maximum Gasteiger partial charge on any atom is 0.411 e. The Morgan fingerprint density at radius 2 is 1.94 bits per heavy atom. The Labute approximate surface area is 101 Å². The molecule has 0 radical (unpaired) electrons. The molecule has 0 spiro atoms. The molecule has 0 N–H and O–H groups in total. The minimum absolute atomic E-state index is 0.0302. The first-order valence-corrected chi connectivity index (χ1v) is 5.16. The van der Waals surface area contributed by atoms with E-state index in [-0.39, 0.29) is 6.42 Å². The largest absolute Gasteiger partial charge is 0.411 e. The molecule has 0 unspecified atom stereocenters. The number of benzene rings is 1. The Morgan fingerprint density at radius 1 is 1.29 bits per heavy atom. The van der Waals surface area contributed by atoms with E-state index in [4.69, 9.17) is 11.6 Å². The summed E-state index contributed by atoms with van der Waals surface area (Å²) in [5, 5.41) is 0.414. The molecule has 0 bridgehead atoms. The van der Waals surface area contributed by atoms with Crippen LogP contribution in [0, 0.1) is 0 Å². The summed E-state index contributed by atoms with van der Waals surface area (Å²) in [6.07, 6.45) is -4.44. The van der Waals surface area contributed by atoms with Crippen LogP contribution in [0.2, 0.25) is 5.02 Å². The Bertz CT molecular complexity index is 391. The SMILES string of the molecule is O=C(COCC(F)(F)F)Cc1ccccc1Cl. The van der Waals surface area contributed by atoms with Crippen molar-refractivity contribution in [2.24, 2.45) is 0 Å². The van der Waals surface area contributed by atoms with Crippen LogP contribution in [0.15, 0.2) is 24.3 Å². The predicted molar refractivity (Wildman–Crippen MR) is 57.0 cm³/mol. The molecule has 94 valence electrons. The van der Waals surface area contributed by atoms with E-state index in [0.717, 1.165) is 0 Å². The number of alkyl halides is 3. The summed E-state index contributed by atoms with van der Waals surface area (Å²) in [6.45, 7) is -1.98. The highest BCUT2D eigenvalue weighted by Crippen LogP contribution is 2.16. The van der Waals surface area contributed by atoms with E-state index in [0.29, 0.717) is 10.6 Å². The van der Waals surface area contributed by atoms with Gasteiger partial charge in [0, 0.05) is 11.4 Å². The van der Waals surface area contributed by atoms with Gasteiger partial charge in [0.25, 0.3) is 0 Å². The van der Waals surface area contributed by atoms with Gasteiger partial charge in [0.2, 0.25) is 0 Å². The van der Waals surface area contributed by atoms with Crippen LogP contribution in [0.25, 0.3) is 0 Å². The van der Waals surface area contributed by atoms with Crippen molar-refractivity contribution in [2.45, 2.75) is 12.6 Å². The highest BCUT2D eigenvalue weighted by atomic mass is 35.5. The number of carbonyl (C=O) groups is 1. The Hall–Kier alpha value is -1.07. The van der Waals surface area contributed by atoms with Crippen molar-refractivity contribution < 1.29 is 22.7 Å². The number of Topliss-reactive ketones (excluding diaryl/α,β-unsaturated/α-hetero) is 1. The third-order valence-electron chi connectivity index (χ3n) is 1.87. The van der Waals surface area contributed by atoms with Gasteiger partial charge in [-0.25, -0.2) is 0 Å². The Kier molecular flexibility index (Phi) is 4.96. The number of hydrogen-bond acceptors (Lipinski definition) is 2. The van der Waals surface area contributed by atoms with E-state index in [1.54, 1.807) is 24.3 Å². The summed E-state index contributed by atoms with van der Waals surface area (Å²) in [4.78, 5) is 11.3. The standard InChI is InChI=1S/C11H10ClF3O2/c12-10-4-2-1-3-8(10)5-9(16)6-17-7-11(13,14)15/h1-4H,5-7H2. The first kappa shape index (κ1) is 14.0. The van der Waals surface area contributed by atoms with Crippen molar-refractivity contribution in [1.29, 1.82) is 0 Å². The zero-order valence-electron chi connectivity index (χ0n) is 8.76. The number of ether oxygens (including phenoxy) is 1. The number of hydrogen-bond donors (Lipinski definition) is 0. The molecular formula is C11H10ClF3O2. The predicted octanol–water partition coefficient (Wildman–Crippen LogP) is 3.03. The molecule has 1 rings (SSSR count). The average molecular weight is 267 g/mol. The summed E-state index contributed by atoms with van der Waals surface area (Å²) >= 11 is 5.80. The van der Waals surface area contributed by atoms with Gasteiger partial charge in [-0.3, -0.25) is 4.79 Å². The van der Waals surface area contributed by atoms with Gasteiger partial charge in [0.05, 0.1) is 0 Å². The summed E-state index contributed by atoms with van der Waals surface area (Å²) < 4.78 is 39.5. The number of rotatable bonds is 5. The topological polar surface area (TPSA) is 26.3 Å². The molecule has 1 aromatic carbocycles. The first-order valence-electron chi connectivity index (χ1n) is 4.78. The zero-order chi connectivity index (χ0) is 12.9. The van der Waals surface area contributed by atoms with E-state index >= 15 is 0 Å². The Morgan fingerprint density at radius 3 is 2.53 bits per heavy atom. The maximum atomic E-state index is 11.7. The maximum absolute atomic E-state index is 11.7. The lowest BCUT2D eigenvalue weighted by atomic mass is 10.1. The van der Waals surface area contributed by atoms with E-state index in [1.807, 2.05) is 0 Å². The van der Waals surface area contributed by atoms with Crippen molar-refractivity contribution in [2.75, 3.05) is 13.2 Å². The normalized spacial score (nSPS) is 11.5. The van der Waals surface area contributed by atoms with Crippen LogP contribution in [0.5, 0.6) is 0 Å². The average Bonchev–Trinajstić information content (AvgIpc) is 2.19. The fourth-order valence-electron chi connectivity index (χ4n) is 1.19. The minimum atomic E-state index is -4.41. The lowest BCUT2D eigenvalue weighted by Gasteiger charge is -2.07. The molecule has 2 nitrogen and oxygen atoms in total. The molecule has 0 aliphatic carbocycles. The Balaban J connectivity index is 2.38. The number of halogens is 4. The summed E-state index contributed by atoms with van der Waals surface area (Å²) in [5.41, 5.74) is 0.578. The third-order valence-corrected chi connectivity index (χ3v) is 2.24. The second kappa shape index (κ2) is 6.02. The fourth-order valence-corrected chi connectivity index (χ4v) is 1.39. The lowest BCUT2D eigenvalue weighted by Crippen LogP contribution is -2.21. The molecule has 0 aliphatic rings. The van der Waals surface area contributed by atoms with E-state index in [1.165, 1.54) is 0 Å². The quantitative estimate of drug-likeness (QED) is 0.819. The van der Waals surface area contributed by atoms with Crippen molar-refractivity contribution in [3.05, 3.63) is 34.9 Å². The van der Waals surface area contributed by atoms with Crippen LogP contribution in [0.1, 0.15) is 5.56 Å². The van der Waals surface area contributed by atoms with Crippen LogP contribution in [0.4, 0.5) is 13.2 Å². The summed E-state index contributed by atoms with van der Waals surface area (Å²) in [7, 11) is 0. The van der Waals surface area contributed by atoms with Crippen molar-refractivity contribution in [3.63, 3.8) is 0 Å². The van der Waals surface area contributed by atoms with E-state index in [2.05, 4.69) is 4.74 Å².